The number of para-hydroxylation sites is 1. The average Bonchev–Trinajstić information content (AvgIpc) is 3.45. The maximum atomic E-state index is 5.59. The molecule has 2 saturated heterocycles. The summed E-state index contributed by atoms with van der Waals surface area (Å²) in [5.74, 6) is 2.63. The van der Waals surface area contributed by atoms with Crippen molar-refractivity contribution in [3.63, 3.8) is 0 Å². The Balaban J connectivity index is 1.21. The van der Waals surface area contributed by atoms with E-state index < -0.39 is 0 Å². The zero-order valence-electron chi connectivity index (χ0n) is 21.7. The van der Waals surface area contributed by atoms with Crippen LogP contribution in [0.4, 0.5) is 11.6 Å². The minimum Gasteiger partial charge on any atom is -0.378 e. The molecule has 7 rings (SSSR count). The molecule has 2 aliphatic heterocycles. The molecule has 1 aromatic carbocycles. The van der Waals surface area contributed by atoms with Crippen LogP contribution in [0.15, 0.2) is 72.1 Å². The lowest BCUT2D eigenvalue weighted by Crippen LogP contribution is -2.43. The quantitative estimate of drug-likeness (QED) is 0.324. The van der Waals surface area contributed by atoms with Crippen LogP contribution in [-0.4, -0.2) is 76.8 Å². The average molecular weight is 539 g/mol. The van der Waals surface area contributed by atoms with E-state index in [4.69, 9.17) is 24.7 Å². The molecule has 0 aliphatic carbocycles. The third-order valence-electron chi connectivity index (χ3n) is 7.26. The standard InChI is InChI=1S/C29H30N8OS/c1-2-4-24-21(3-1)6-8-27(34-24)39-20-23-19-37-25(18-32-28(29(37)33-23)36-13-15-38-16-14-36)22-5-7-26(31-17-22)35-11-9-30-10-12-35/h1-8,17-19,30H,9-16,20H2. The summed E-state index contributed by atoms with van der Waals surface area (Å²) in [5.41, 5.74) is 4.86. The van der Waals surface area contributed by atoms with Gasteiger partial charge in [-0.2, -0.15) is 0 Å². The first kappa shape index (κ1) is 24.3. The van der Waals surface area contributed by atoms with E-state index >= 15 is 0 Å². The highest BCUT2D eigenvalue weighted by Crippen LogP contribution is 2.30. The molecule has 10 heteroatoms. The summed E-state index contributed by atoms with van der Waals surface area (Å²) < 4.78 is 7.76. The number of anilines is 2. The topological polar surface area (TPSA) is 83.7 Å². The second-order valence-electron chi connectivity index (χ2n) is 9.77. The fourth-order valence-electron chi connectivity index (χ4n) is 5.19. The van der Waals surface area contributed by atoms with Crippen LogP contribution < -0.4 is 15.1 Å². The number of nitrogens with one attached hydrogen (secondary N) is 1. The van der Waals surface area contributed by atoms with Crippen LogP contribution in [0.1, 0.15) is 5.69 Å². The van der Waals surface area contributed by atoms with E-state index in [1.54, 1.807) is 11.8 Å². The number of pyridine rings is 2. The molecule has 1 N–H and O–H groups in total. The molecule has 0 amide bonds. The van der Waals surface area contributed by atoms with Gasteiger partial charge in [0.05, 0.1) is 41.3 Å². The van der Waals surface area contributed by atoms with Crippen molar-refractivity contribution >= 4 is 39.9 Å². The molecule has 9 nitrogen and oxygen atoms in total. The van der Waals surface area contributed by atoms with E-state index in [9.17, 15) is 0 Å². The SMILES string of the molecule is c1ccc2nc(SCc3cn4c(-c5ccc(N6CCNCC6)nc5)cnc(N5CCOCC5)c4n3)ccc2c1. The Bertz CT molecular complexity index is 1590. The van der Waals surface area contributed by atoms with Gasteiger partial charge in [-0.15, -0.1) is 0 Å². The molecule has 0 bridgehead atoms. The summed E-state index contributed by atoms with van der Waals surface area (Å²) in [5, 5.41) is 5.54. The third-order valence-corrected chi connectivity index (χ3v) is 8.22. The molecule has 2 fully saturated rings. The summed E-state index contributed by atoms with van der Waals surface area (Å²) in [6.45, 7) is 6.93. The number of fused-ring (bicyclic) bond motifs is 2. The summed E-state index contributed by atoms with van der Waals surface area (Å²) in [6.07, 6.45) is 6.03. The highest BCUT2D eigenvalue weighted by molar-refractivity contribution is 7.98. The second-order valence-corrected chi connectivity index (χ2v) is 10.8. The number of imidazole rings is 1. The van der Waals surface area contributed by atoms with Crippen LogP contribution in [0.3, 0.4) is 0 Å². The Morgan fingerprint density at radius 2 is 1.72 bits per heavy atom. The van der Waals surface area contributed by atoms with E-state index in [2.05, 4.69) is 62.1 Å². The molecule has 0 atom stereocenters. The summed E-state index contributed by atoms with van der Waals surface area (Å²) in [4.78, 5) is 24.2. The van der Waals surface area contributed by atoms with Crippen molar-refractivity contribution in [2.45, 2.75) is 10.8 Å². The third kappa shape index (κ3) is 5.03. The van der Waals surface area contributed by atoms with Gasteiger partial charge in [-0.1, -0.05) is 36.0 Å². The van der Waals surface area contributed by atoms with Crippen LogP contribution >= 0.6 is 11.8 Å². The van der Waals surface area contributed by atoms with Gasteiger partial charge in [-0.25, -0.2) is 19.9 Å². The van der Waals surface area contributed by atoms with E-state index in [0.717, 1.165) is 95.2 Å². The molecule has 198 valence electrons. The van der Waals surface area contributed by atoms with Crippen molar-refractivity contribution in [3.05, 3.63) is 72.8 Å². The predicted octanol–water partition coefficient (Wildman–Crippen LogP) is 3.88. The maximum absolute atomic E-state index is 5.59. The van der Waals surface area contributed by atoms with Crippen molar-refractivity contribution in [3.8, 4) is 11.3 Å². The number of hydrogen-bond donors (Lipinski definition) is 1. The first-order valence-electron chi connectivity index (χ1n) is 13.4. The zero-order chi connectivity index (χ0) is 26.0. The van der Waals surface area contributed by atoms with E-state index in [-0.39, 0.29) is 0 Å². The molecule has 5 aromatic rings. The molecule has 0 radical (unpaired) electrons. The van der Waals surface area contributed by atoms with Gasteiger partial charge in [0.2, 0.25) is 0 Å². The molecule has 4 aromatic heterocycles. The number of rotatable bonds is 6. The number of benzene rings is 1. The predicted molar refractivity (Wildman–Crippen MR) is 156 cm³/mol. The number of thioether (sulfide) groups is 1. The van der Waals surface area contributed by atoms with Crippen LogP contribution in [0.25, 0.3) is 27.8 Å². The Hall–Kier alpha value is -3.73. The Kier molecular flexibility index (Phi) is 6.73. The van der Waals surface area contributed by atoms with Gasteiger partial charge in [0.15, 0.2) is 11.5 Å². The number of ether oxygens (including phenoxy) is 1. The lowest BCUT2D eigenvalue weighted by Gasteiger charge is -2.28. The Morgan fingerprint density at radius 3 is 2.56 bits per heavy atom. The summed E-state index contributed by atoms with van der Waals surface area (Å²) >= 11 is 1.70. The Morgan fingerprint density at radius 1 is 0.846 bits per heavy atom. The lowest BCUT2D eigenvalue weighted by atomic mass is 10.2. The summed E-state index contributed by atoms with van der Waals surface area (Å²) in [6, 6.07) is 16.7. The number of aromatic nitrogens is 5. The van der Waals surface area contributed by atoms with E-state index in [1.165, 1.54) is 0 Å². The van der Waals surface area contributed by atoms with Gasteiger partial charge < -0.3 is 19.9 Å². The van der Waals surface area contributed by atoms with Crippen molar-refractivity contribution in [2.24, 2.45) is 0 Å². The molecular formula is C29H30N8OS. The Labute approximate surface area is 231 Å². The summed E-state index contributed by atoms with van der Waals surface area (Å²) in [7, 11) is 0. The first-order valence-corrected chi connectivity index (χ1v) is 14.4. The minimum atomic E-state index is 0.698. The van der Waals surface area contributed by atoms with Gasteiger partial charge in [0.25, 0.3) is 0 Å². The van der Waals surface area contributed by atoms with Crippen LogP contribution in [-0.2, 0) is 10.5 Å². The van der Waals surface area contributed by atoms with Crippen molar-refractivity contribution in [1.82, 2.24) is 29.7 Å². The van der Waals surface area contributed by atoms with E-state index in [0.29, 0.717) is 13.2 Å². The van der Waals surface area contributed by atoms with Crippen LogP contribution in [0, 0.1) is 0 Å². The lowest BCUT2D eigenvalue weighted by molar-refractivity contribution is 0.122. The van der Waals surface area contributed by atoms with Gasteiger partial charge in [-0.3, -0.25) is 4.40 Å². The van der Waals surface area contributed by atoms with Crippen molar-refractivity contribution in [1.29, 1.82) is 0 Å². The fourth-order valence-corrected chi connectivity index (χ4v) is 5.95. The molecule has 2 aliphatic rings. The first-order chi connectivity index (χ1) is 19.3. The van der Waals surface area contributed by atoms with Crippen molar-refractivity contribution in [2.75, 3.05) is 62.3 Å². The van der Waals surface area contributed by atoms with Crippen LogP contribution in [0.5, 0.6) is 0 Å². The highest BCUT2D eigenvalue weighted by Gasteiger charge is 2.20. The molecular weight excluding hydrogens is 508 g/mol. The molecule has 6 heterocycles. The molecule has 0 spiro atoms. The van der Waals surface area contributed by atoms with Gasteiger partial charge in [-0.05, 0) is 24.3 Å². The fraction of sp³-hybridized carbons (Fsp3) is 0.310. The molecule has 0 saturated carbocycles. The smallest absolute Gasteiger partial charge is 0.181 e. The van der Waals surface area contributed by atoms with Gasteiger partial charge in [0.1, 0.15) is 5.82 Å². The maximum Gasteiger partial charge on any atom is 0.181 e. The largest absolute Gasteiger partial charge is 0.378 e. The second kappa shape index (κ2) is 10.8. The number of hydrogen-bond acceptors (Lipinski definition) is 9. The van der Waals surface area contributed by atoms with Gasteiger partial charge in [0, 0.05) is 68.4 Å². The normalized spacial score (nSPS) is 16.3. The zero-order valence-corrected chi connectivity index (χ0v) is 22.5. The molecule has 39 heavy (non-hydrogen) atoms. The number of piperazine rings is 1. The number of nitrogens with zero attached hydrogens (tertiary/aromatic N) is 7. The van der Waals surface area contributed by atoms with Crippen LogP contribution in [0.2, 0.25) is 0 Å². The minimum absolute atomic E-state index is 0.698. The number of morpholine rings is 1. The van der Waals surface area contributed by atoms with Gasteiger partial charge >= 0.3 is 0 Å². The van der Waals surface area contributed by atoms with Crippen molar-refractivity contribution < 1.29 is 4.74 Å². The van der Waals surface area contributed by atoms with E-state index in [1.807, 2.05) is 24.5 Å². The monoisotopic (exact) mass is 538 g/mol. The highest BCUT2D eigenvalue weighted by atomic mass is 32.2. The molecule has 0 unspecified atom stereocenters.